The van der Waals surface area contributed by atoms with E-state index in [9.17, 15) is 30.8 Å². The second-order valence-electron chi connectivity index (χ2n) is 4.09. The molecule has 0 atom stereocenters. The van der Waals surface area contributed by atoms with Crippen molar-refractivity contribution >= 4 is 21.4 Å². The number of benzene rings is 1. The normalized spacial score (nSPS) is 12.2. The fourth-order valence-electron chi connectivity index (χ4n) is 1.47. The monoisotopic (exact) mass is 328 g/mol. The quantitative estimate of drug-likeness (QED) is 0.615. The number of nitrogens with two attached hydrogens (primary N) is 1. The maximum atomic E-state index is 13.0. The van der Waals surface area contributed by atoms with Gasteiger partial charge in [-0.15, -0.1) is 0 Å². The summed E-state index contributed by atoms with van der Waals surface area (Å²) < 4.78 is 73.3. The molecule has 5 nitrogen and oxygen atoms in total. The fourth-order valence-corrected chi connectivity index (χ4v) is 2.42. The number of carbonyl (C=O) groups excluding carboxylic acids is 1. The molecule has 0 aliphatic heterocycles. The van der Waals surface area contributed by atoms with Crippen LogP contribution in [0.15, 0.2) is 23.1 Å². The van der Waals surface area contributed by atoms with Crippen LogP contribution in [-0.2, 0) is 14.6 Å². The highest BCUT2D eigenvalue weighted by atomic mass is 32.2. The standard InChI is InChI=1S/C11H12F4N2O3S/c12-7-3-4-8(17-5-1-2-10(16)18)9(6-7)21(19,20)11(13,14)15/h3-4,6,17H,1-2,5H2,(H2,16,18). The topological polar surface area (TPSA) is 89.3 Å². The molecule has 1 amide bonds. The lowest BCUT2D eigenvalue weighted by molar-refractivity contribution is -0.118. The molecule has 21 heavy (non-hydrogen) atoms. The largest absolute Gasteiger partial charge is 0.501 e. The van der Waals surface area contributed by atoms with Crippen LogP contribution < -0.4 is 11.1 Å². The lowest BCUT2D eigenvalue weighted by Gasteiger charge is -2.14. The van der Waals surface area contributed by atoms with E-state index in [-0.39, 0.29) is 19.4 Å². The molecule has 0 spiro atoms. The Labute approximate surface area is 118 Å². The zero-order valence-electron chi connectivity index (χ0n) is 10.6. The summed E-state index contributed by atoms with van der Waals surface area (Å²) in [5.74, 6) is -1.71. The van der Waals surface area contributed by atoms with Crippen molar-refractivity contribution < 1.29 is 30.8 Å². The molecule has 0 bridgehead atoms. The molecular formula is C11H12F4N2O3S. The summed E-state index contributed by atoms with van der Waals surface area (Å²) in [5.41, 5.74) is -1.04. The van der Waals surface area contributed by atoms with Crippen molar-refractivity contribution in [2.24, 2.45) is 5.73 Å². The average Bonchev–Trinajstić information content (AvgIpc) is 2.34. The van der Waals surface area contributed by atoms with Gasteiger partial charge in [-0.25, -0.2) is 12.8 Å². The van der Waals surface area contributed by atoms with E-state index >= 15 is 0 Å². The van der Waals surface area contributed by atoms with E-state index in [2.05, 4.69) is 5.32 Å². The van der Waals surface area contributed by atoms with Gasteiger partial charge in [0.05, 0.1) is 5.69 Å². The number of primary amides is 1. The van der Waals surface area contributed by atoms with Crippen molar-refractivity contribution in [3.05, 3.63) is 24.0 Å². The minimum atomic E-state index is -5.68. The first-order valence-electron chi connectivity index (χ1n) is 5.69. The minimum Gasteiger partial charge on any atom is -0.384 e. The van der Waals surface area contributed by atoms with E-state index in [1.807, 2.05) is 0 Å². The third-order valence-corrected chi connectivity index (χ3v) is 3.98. The van der Waals surface area contributed by atoms with Crippen LogP contribution in [0.1, 0.15) is 12.8 Å². The van der Waals surface area contributed by atoms with Crippen LogP contribution in [0.3, 0.4) is 0 Å². The van der Waals surface area contributed by atoms with Crippen LogP contribution in [-0.4, -0.2) is 26.4 Å². The third kappa shape index (κ3) is 4.31. The smallest absolute Gasteiger partial charge is 0.384 e. The fraction of sp³-hybridized carbons (Fsp3) is 0.364. The molecule has 0 aliphatic carbocycles. The van der Waals surface area contributed by atoms with Crippen LogP contribution in [0.5, 0.6) is 0 Å². The molecular weight excluding hydrogens is 316 g/mol. The lowest BCUT2D eigenvalue weighted by Crippen LogP contribution is -2.24. The van der Waals surface area contributed by atoms with Gasteiger partial charge in [0.25, 0.3) is 9.84 Å². The molecule has 0 radical (unpaired) electrons. The van der Waals surface area contributed by atoms with Crippen molar-refractivity contribution in [1.29, 1.82) is 0 Å². The van der Waals surface area contributed by atoms with Crippen molar-refractivity contribution in [3.63, 3.8) is 0 Å². The van der Waals surface area contributed by atoms with Crippen LogP contribution in [0.25, 0.3) is 0 Å². The van der Waals surface area contributed by atoms with E-state index in [1.54, 1.807) is 0 Å². The molecule has 0 saturated heterocycles. The summed E-state index contributed by atoms with van der Waals surface area (Å²) in [7, 11) is -5.68. The van der Waals surface area contributed by atoms with E-state index in [4.69, 9.17) is 5.73 Å². The maximum Gasteiger partial charge on any atom is 0.501 e. The Kier molecular flexibility index (Phi) is 5.15. The predicted octanol–water partition coefficient (Wildman–Crippen LogP) is 1.80. The van der Waals surface area contributed by atoms with E-state index in [0.717, 1.165) is 12.1 Å². The van der Waals surface area contributed by atoms with Gasteiger partial charge in [0, 0.05) is 13.0 Å². The average molecular weight is 328 g/mol. The first-order valence-corrected chi connectivity index (χ1v) is 7.17. The number of hydrogen-bond acceptors (Lipinski definition) is 4. The van der Waals surface area contributed by atoms with Crippen molar-refractivity contribution in [2.75, 3.05) is 11.9 Å². The zero-order chi connectivity index (χ0) is 16.3. The summed E-state index contributed by atoms with van der Waals surface area (Å²) in [6.07, 6.45) is 0.174. The lowest BCUT2D eigenvalue weighted by atomic mass is 10.2. The van der Waals surface area contributed by atoms with Crippen LogP contribution in [0, 0.1) is 5.82 Å². The molecule has 0 saturated carbocycles. The molecule has 0 aliphatic rings. The first-order chi connectivity index (χ1) is 9.55. The SMILES string of the molecule is NC(=O)CCCNc1ccc(F)cc1S(=O)(=O)C(F)(F)F. The Morgan fingerprint density at radius 2 is 1.90 bits per heavy atom. The van der Waals surface area contributed by atoms with Gasteiger partial charge < -0.3 is 11.1 Å². The van der Waals surface area contributed by atoms with E-state index < -0.39 is 37.7 Å². The summed E-state index contributed by atoms with van der Waals surface area (Å²) >= 11 is 0. The molecule has 0 unspecified atom stereocenters. The maximum absolute atomic E-state index is 13.0. The summed E-state index contributed by atoms with van der Waals surface area (Å²) in [6, 6.07) is 2.00. The molecule has 3 N–H and O–H groups in total. The highest BCUT2D eigenvalue weighted by Gasteiger charge is 2.48. The second kappa shape index (κ2) is 6.29. The number of anilines is 1. The van der Waals surface area contributed by atoms with Gasteiger partial charge in [0.2, 0.25) is 5.91 Å². The number of halogens is 4. The molecule has 1 aromatic carbocycles. The van der Waals surface area contributed by atoms with Gasteiger partial charge in [-0.1, -0.05) is 0 Å². The molecule has 0 fully saturated rings. The van der Waals surface area contributed by atoms with E-state index in [1.165, 1.54) is 0 Å². The van der Waals surface area contributed by atoms with Gasteiger partial charge in [-0.2, -0.15) is 13.2 Å². The first kappa shape index (κ1) is 17.2. The Morgan fingerprint density at radius 3 is 2.43 bits per heavy atom. The van der Waals surface area contributed by atoms with Crippen LogP contribution >= 0.6 is 0 Å². The third-order valence-electron chi connectivity index (χ3n) is 2.45. The Bertz CT molecular complexity index is 629. The molecule has 1 rings (SSSR count). The summed E-state index contributed by atoms with van der Waals surface area (Å²) in [6.45, 7) is 0.00888. The second-order valence-corrected chi connectivity index (χ2v) is 6.00. The highest BCUT2D eigenvalue weighted by Crippen LogP contribution is 2.34. The predicted molar refractivity (Wildman–Crippen MR) is 66.6 cm³/mol. The molecule has 0 aromatic heterocycles. The van der Waals surface area contributed by atoms with Gasteiger partial charge in [-0.3, -0.25) is 4.79 Å². The molecule has 1 aromatic rings. The number of amides is 1. The van der Waals surface area contributed by atoms with E-state index in [0.29, 0.717) is 6.07 Å². The molecule has 0 heterocycles. The molecule has 118 valence electrons. The highest BCUT2D eigenvalue weighted by molar-refractivity contribution is 7.92. The zero-order valence-corrected chi connectivity index (χ0v) is 11.4. The van der Waals surface area contributed by atoms with Crippen LogP contribution in [0.2, 0.25) is 0 Å². The Morgan fingerprint density at radius 1 is 1.29 bits per heavy atom. The number of rotatable bonds is 6. The van der Waals surface area contributed by atoms with Crippen LogP contribution in [0.4, 0.5) is 23.2 Å². The Hall–Kier alpha value is -1.84. The number of carbonyl (C=O) groups is 1. The number of hydrogen-bond donors (Lipinski definition) is 2. The van der Waals surface area contributed by atoms with Crippen molar-refractivity contribution in [1.82, 2.24) is 0 Å². The minimum absolute atomic E-state index is 0.00888. The Balaban J connectivity index is 3.04. The number of sulfone groups is 1. The van der Waals surface area contributed by atoms with Crippen molar-refractivity contribution in [2.45, 2.75) is 23.2 Å². The van der Waals surface area contributed by atoms with Gasteiger partial charge in [0.15, 0.2) is 0 Å². The summed E-state index contributed by atoms with van der Waals surface area (Å²) in [5, 5.41) is 2.42. The molecule has 10 heteroatoms. The number of alkyl halides is 3. The van der Waals surface area contributed by atoms with Crippen molar-refractivity contribution in [3.8, 4) is 0 Å². The van der Waals surface area contributed by atoms with Gasteiger partial charge in [-0.05, 0) is 24.6 Å². The number of nitrogens with one attached hydrogen (secondary N) is 1. The summed E-state index contributed by atoms with van der Waals surface area (Å²) in [4.78, 5) is 9.31. The van der Waals surface area contributed by atoms with Gasteiger partial charge >= 0.3 is 5.51 Å². The van der Waals surface area contributed by atoms with Gasteiger partial charge in [0.1, 0.15) is 10.7 Å².